The Morgan fingerprint density at radius 1 is 1.31 bits per heavy atom. The molecule has 78 valence electrons. The van der Waals surface area contributed by atoms with E-state index in [2.05, 4.69) is 0 Å². The van der Waals surface area contributed by atoms with Crippen LogP contribution < -0.4 is 5.73 Å². The van der Waals surface area contributed by atoms with Gasteiger partial charge in [0, 0.05) is 19.1 Å². The third kappa shape index (κ3) is 5.96. The summed E-state index contributed by atoms with van der Waals surface area (Å²) in [6.45, 7) is 5.98. The second-order valence-electron chi connectivity index (χ2n) is 3.60. The third-order valence-electron chi connectivity index (χ3n) is 1.97. The minimum Gasteiger partial charge on any atom is -0.393 e. The smallest absolute Gasteiger partial charge is 0.0785 e. The molecule has 0 heterocycles. The van der Waals surface area contributed by atoms with E-state index in [0.717, 1.165) is 6.42 Å². The average Bonchev–Trinajstić information content (AvgIpc) is 2.03. The summed E-state index contributed by atoms with van der Waals surface area (Å²) in [6, 6.07) is 0. The zero-order valence-corrected chi connectivity index (χ0v) is 9.45. The molecular formula is C9H19NO2S. The molecule has 0 amide bonds. The first-order valence-corrected chi connectivity index (χ1v) is 4.78. The van der Waals surface area contributed by atoms with Gasteiger partial charge in [-0.1, -0.05) is 26.1 Å². The molecule has 0 aromatic heterocycles. The minimum absolute atomic E-state index is 0.109. The maximum Gasteiger partial charge on any atom is 0.0785 e. The monoisotopic (exact) mass is 205 g/mol. The molecule has 0 aromatic carbocycles. The summed E-state index contributed by atoms with van der Waals surface area (Å²) in [5.41, 5.74) is 5.45. The van der Waals surface area contributed by atoms with E-state index in [0.29, 0.717) is 24.8 Å². The maximum atomic E-state index is 5.56. The van der Waals surface area contributed by atoms with E-state index in [1.54, 1.807) is 7.11 Å². The Labute approximate surface area is 85.6 Å². The van der Waals surface area contributed by atoms with Crippen LogP contribution in [0.25, 0.3) is 0 Å². The Morgan fingerprint density at radius 2 is 1.92 bits per heavy atom. The second kappa shape index (κ2) is 6.29. The molecule has 0 aliphatic carbocycles. The van der Waals surface area contributed by atoms with Crippen LogP contribution in [0.15, 0.2) is 0 Å². The maximum absolute atomic E-state index is 5.56. The van der Waals surface area contributed by atoms with Crippen molar-refractivity contribution in [2.24, 2.45) is 11.1 Å². The van der Waals surface area contributed by atoms with Gasteiger partial charge in [0.05, 0.1) is 18.2 Å². The van der Waals surface area contributed by atoms with Gasteiger partial charge in [-0.25, -0.2) is 0 Å². The fraction of sp³-hybridized carbons (Fsp3) is 0.889. The lowest BCUT2D eigenvalue weighted by molar-refractivity contribution is 0.0622. The van der Waals surface area contributed by atoms with Crippen molar-refractivity contribution in [3.63, 3.8) is 0 Å². The van der Waals surface area contributed by atoms with E-state index in [1.807, 2.05) is 13.8 Å². The van der Waals surface area contributed by atoms with E-state index in [-0.39, 0.29) is 5.41 Å². The average molecular weight is 205 g/mol. The fourth-order valence-electron chi connectivity index (χ4n) is 0.695. The van der Waals surface area contributed by atoms with Crippen molar-refractivity contribution in [3.8, 4) is 0 Å². The van der Waals surface area contributed by atoms with Crippen molar-refractivity contribution in [1.82, 2.24) is 0 Å². The Balaban J connectivity index is 3.46. The first-order valence-electron chi connectivity index (χ1n) is 4.37. The van der Waals surface area contributed by atoms with Gasteiger partial charge in [-0.2, -0.15) is 0 Å². The molecule has 13 heavy (non-hydrogen) atoms. The molecule has 0 aliphatic rings. The van der Waals surface area contributed by atoms with Gasteiger partial charge >= 0.3 is 0 Å². The standard InChI is InChI=1S/C9H19NO2S/c1-9(2,8(10)13)4-5-12-7-6-11-3/h4-7H2,1-3H3,(H2,10,13). The number of thiocarbonyl (C=S) groups is 1. The van der Waals surface area contributed by atoms with Crippen LogP contribution >= 0.6 is 12.2 Å². The molecule has 0 spiro atoms. The van der Waals surface area contributed by atoms with Crippen molar-refractivity contribution in [3.05, 3.63) is 0 Å². The molecule has 4 heteroatoms. The zero-order chi connectivity index (χ0) is 10.3. The highest BCUT2D eigenvalue weighted by molar-refractivity contribution is 7.80. The third-order valence-corrected chi connectivity index (χ3v) is 2.52. The Kier molecular flexibility index (Phi) is 6.20. The van der Waals surface area contributed by atoms with Gasteiger partial charge < -0.3 is 15.2 Å². The highest BCUT2D eigenvalue weighted by Gasteiger charge is 2.20. The number of rotatable bonds is 7. The molecule has 3 nitrogen and oxygen atoms in total. The van der Waals surface area contributed by atoms with E-state index in [9.17, 15) is 0 Å². The number of hydrogen-bond acceptors (Lipinski definition) is 3. The Morgan fingerprint density at radius 3 is 2.38 bits per heavy atom. The van der Waals surface area contributed by atoms with E-state index in [4.69, 9.17) is 27.4 Å². The van der Waals surface area contributed by atoms with Gasteiger partial charge in [-0.15, -0.1) is 0 Å². The molecule has 0 radical (unpaired) electrons. The van der Waals surface area contributed by atoms with Crippen LogP contribution in [0, 0.1) is 5.41 Å². The molecule has 0 unspecified atom stereocenters. The van der Waals surface area contributed by atoms with Gasteiger partial charge in [-0.3, -0.25) is 0 Å². The van der Waals surface area contributed by atoms with Crippen molar-refractivity contribution in [2.75, 3.05) is 26.9 Å². The lowest BCUT2D eigenvalue weighted by Crippen LogP contribution is -2.31. The molecule has 2 N–H and O–H groups in total. The zero-order valence-electron chi connectivity index (χ0n) is 8.63. The van der Waals surface area contributed by atoms with Crippen LogP contribution in [0.4, 0.5) is 0 Å². The first kappa shape index (κ1) is 12.8. The van der Waals surface area contributed by atoms with Crippen LogP contribution in [-0.4, -0.2) is 31.9 Å². The van der Waals surface area contributed by atoms with E-state index < -0.39 is 0 Å². The fourth-order valence-corrected chi connectivity index (χ4v) is 0.797. The van der Waals surface area contributed by atoms with E-state index in [1.165, 1.54) is 0 Å². The summed E-state index contributed by atoms with van der Waals surface area (Å²) in [5, 5.41) is 0. The number of methoxy groups -OCH3 is 1. The van der Waals surface area contributed by atoms with Crippen molar-refractivity contribution in [2.45, 2.75) is 20.3 Å². The summed E-state index contributed by atoms with van der Waals surface area (Å²) < 4.78 is 10.2. The van der Waals surface area contributed by atoms with Crippen molar-refractivity contribution in [1.29, 1.82) is 0 Å². The summed E-state index contributed by atoms with van der Waals surface area (Å²) in [6.07, 6.45) is 0.853. The SMILES string of the molecule is COCCOCCC(C)(C)C(N)=S. The predicted molar refractivity (Wildman–Crippen MR) is 57.9 cm³/mol. The molecule has 0 atom stereocenters. The number of hydrogen-bond donors (Lipinski definition) is 1. The minimum atomic E-state index is -0.109. The van der Waals surface area contributed by atoms with Gasteiger partial charge in [0.15, 0.2) is 0 Å². The largest absolute Gasteiger partial charge is 0.393 e. The summed E-state index contributed by atoms with van der Waals surface area (Å²) in [4.78, 5) is 0.544. The topological polar surface area (TPSA) is 44.5 Å². The van der Waals surface area contributed by atoms with Crippen LogP contribution in [0.5, 0.6) is 0 Å². The Hall–Kier alpha value is -0.190. The van der Waals surface area contributed by atoms with Crippen molar-refractivity contribution >= 4 is 17.2 Å². The molecule has 0 fully saturated rings. The second-order valence-corrected chi connectivity index (χ2v) is 4.04. The molecule has 0 rings (SSSR count). The lowest BCUT2D eigenvalue weighted by atomic mass is 9.90. The highest BCUT2D eigenvalue weighted by atomic mass is 32.1. The lowest BCUT2D eigenvalue weighted by Gasteiger charge is -2.22. The van der Waals surface area contributed by atoms with Crippen LogP contribution in [0.2, 0.25) is 0 Å². The van der Waals surface area contributed by atoms with Gasteiger partial charge in [0.1, 0.15) is 0 Å². The predicted octanol–water partition coefficient (Wildman–Crippen LogP) is 1.35. The van der Waals surface area contributed by atoms with Crippen LogP contribution in [0.1, 0.15) is 20.3 Å². The summed E-state index contributed by atoms with van der Waals surface area (Å²) in [5.74, 6) is 0. The molecule has 0 saturated heterocycles. The van der Waals surface area contributed by atoms with Crippen molar-refractivity contribution < 1.29 is 9.47 Å². The normalized spacial score (nSPS) is 11.6. The van der Waals surface area contributed by atoms with Crippen LogP contribution in [0.3, 0.4) is 0 Å². The quantitative estimate of drug-likeness (QED) is 0.503. The highest BCUT2D eigenvalue weighted by Crippen LogP contribution is 2.20. The Bertz CT molecular complexity index is 160. The van der Waals surface area contributed by atoms with Gasteiger partial charge in [-0.05, 0) is 6.42 Å². The molecule has 0 aromatic rings. The molecular weight excluding hydrogens is 186 g/mol. The van der Waals surface area contributed by atoms with Gasteiger partial charge in [0.2, 0.25) is 0 Å². The number of ether oxygens (including phenoxy) is 2. The van der Waals surface area contributed by atoms with E-state index >= 15 is 0 Å². The van der Waals surface area contributed by atoms with Crippen LogP contribution in [-0.2, 0) is 9.47 Å². The van der Waals surface area contributed by atoms with Gasteiger partial charge in [0.25, 0.3) is 0 Å². The summed E-state index contributed by atoms with van der Waals surface area (Å²) in [7, 11) is 1.66. The molecule has 0 aliphatic heterocycles. The summed E-state index contributed by atoms with van der Waals surface area (Å²) >= 11 is 4.93. The molecule has 0 bridgehead atoms. The number of nitrogens with two attached hydrogens (primary N) is 1. The molecule has 0 saturated carbocycles. The first-order chi connectivity index (χ1) is 6.00.